The SMILES string of the molecule is CC(C)(C)[Si](C)(C)Oc1ccc(C2Oc3ccc(O[Si](C)(C)C(C)(C)C)cc3[C@H]3C[C@@H](O)CC[C@@H]23)cc1. The van der Waals surface area contributed by atoms with Crippen molar-refractivity contribution in [2.24, 2.45) is 5.92 Å². The normalized spacial score (nSPS) is 24.5. The van der Waals surface area contributed by atoms with E-state index in [0.29, 0.717) is 5.92 Å². The molecule has 37 heavy (non-hydrogen) atoms. The molecular weight excluding hydrogens is 493 g/mol. The summed E-state index contributed by atoms with van der Waals surface area (Å²) in [5.41, 5.74) is 2.37. The Kier molecular flexibility index (Phi) is 7.45. The lowest BCUT2D eigenvalue weighted by Gasteiger charge is -2.44. The molecular formula is C31H48O4Si2. The van der Waals surface area contributed by atoms with Crippen LogP contribution in [0.2, 0.25) is 36.3 Å². The fourth-order valence-corrected chi connectivity index (χ4v) is 7.09. The molecule has 4 rings (SSSR count). The zero-order valence-corrected chi connectivity index (χ0v) is 26.6. The predicted octanol–water partition coefficient (Wildman–Crippen LogP) is 8.83. The van der Waals surface area contributed by atoms with E-state index in [4.69, 9.17) is 13.6 Å². The Balaban J connectivity index is 1.62. The largest absolute Gasteiger partial charge is 0.544 e. The molecule has 1 N–H and O–H groups in total. The van der Waals surface area contributed by atoms with Crippen LogP contribution in [-0.4, -0.2) is 27.8 Å². The molecule has 1 aliphatic heterocycles. The van der Waals surface area contributed by atoms with Gasteiger partial charge in [-0.1, -0.05) is 53.7 Å². The van der Waals surface area contributed by atoms with Crippen molar-refractivity contribution >= 4 is 16.6 Å². The third-order valence-electron chi connectivity index (χ3n) is 9.47. The molecule has 204 valence electrons. The molecule has 1 saturated carbocycles. The van der Waals surface area contributed by atoms with E-state index in [0.717, 1.165) is 36.5 Å². The fraction of sp³-hybridized carbons (Fsp3) is 0.613. The number of hydrogen-bond donors (Lipinski definition) is 1. The van der Waals surface area contributed by atoms with Crippen molar-refractivity contribution in [3.63, 3.8) is 0 Å². The van der Waals surface area contributed by atoms with Crippen LogP contribution < -0.4 is 13.6 Å². The van der Waals surface area contributed by atoms with Crippen molar-refractivity contribution in [1.29, 1.82) is 0 Å². The third kappa shape index (κ3) is 5.81. The Hall–Kier alpha value is -1.77. The van der Waals surface area contributed by atoms with E-state index in [1.54, 1.807) is 0 Å². The van der Waals surface area contributed by atoms with Crippen LogP contribution in [0.4, 0.5) is 0 Å². The van der Waals surface area contributed by atoms with Crippen LogP contribution >= 0.6 is 0 Å². The molecule has 0 bridgehead atoms. The lowest BCUT2D eigenvalue weighted by molar-refractivity contribution is 0.0207. The maximum absolute atomic E-state index is 10.6. The van der Waals surface area contributed by atoms with Crippen LogP contribution in [-0.2, 0) is 0 Å². The second kappa shape index (κ2) is 9.76. The van der Waals surface area contributed by atoms with Gasteiger partial charge in [0.1, 0.15) is 23.4 Å². The van der Waals surface area contributed by atoms with E-state index < -0.39 is 16.6 Å². The molecule has 1 heterocycles. The summed E-state index contributed by atoms with van der Waals surface area (Å²) in [7, 11) is -3.84. The van der Waals surface area contributed by atoms with E-state index in [2.05, 4.69) is 110 Å². The van der Waals surface area contributed by atoms with Crippen molar-refractivity contribution in [2.45, 2.75) is 115 Å². The molecule has 1 fully saturated rings. The van der Waals surface area contributed by atoms with Gasteiger partial charge in [0, 0.05) is 11.5 Å². The number of aliphatic hydroxyl groups excluding tert-OH is 1. The van der Waals surface area contributed by atoms with Gasteiger partial charge >= 0.3 is 0 Å². The first-order valence-electron chi connectivity index (χ1n) is 14.0. The highest BCUT2D eigenvalue weighted by Gasteiger charge is 2.44. The third-order valence-corrected chi connectivity index (χ3v) is 18.2. The predicted molar refractivity (Wildman–Crippen MR) is 158 cm³/mol. The van der Waals surface area contributed by atoms with Gasteiger partial charge < -0.3 is 18.7 Å². The number of hydrogen-bond acceptors (Lipinski definition) is 4. The number of fused-ring (bicyclic) bond motifs is 3. The van der Waals surface area contributed by atoms with Gasteiger partial charge in [0.25, 0.3) is 0 Å². The molecule has 0 aromatic heterocycles. The number of benzene rings is 2. The fourth-order valence-electron chi connectivity index (χ4n) is 5.04. The maximum Gasteiger partial charge on any atom is 0.250 e. The Bertz CT molecular complexity index is 1100. The first-order chi connectivity index (χ1) is 17.0. The number of ether oxygens (including phenoxy) is 1. The Morgan fingerprint density at radius 1 is 0.784 bits per heavy atom. The van der Waals surface area contributed by atoms with Gasteiger partial charge in [-0.25, -0.2) is 0 Å². The zero-order valence-electron chi connectivity index (χ0n) is 24.6. The standard InChI is InChI=1S/C31H48O4Si2/c1-30(2,3)36(7,8)34-23-14-11-21(12-15-23)29-25-17-13-22(32)19-26(25)27-20-24(16-18-28(27)33-29)35-37(9,10)31(4,5)6/h11-12,14-16,18,20,22,25-26,29,32H,13,17,19H2,1-10H3/t22-,25+,26-,29?/m0/s1. The maximum atomic E-state index is 10.6. The minimum atomic E-state index is -1.95. The van der Waals surface area contributed by atoms with Crippen LogP contribution in [0, 0.1) is 5.92 Å². The number of rotatable bonds is 5. The summed E-state index contributed by atoms with van der Waals surface area (Å²) < 4.78 is 19.9. The summed E-state index contributed by atoms with van der Waals surface area (Å²) in [6.45, 7) is 22.7. The number of aliphatic hydroxyl groups is 1. The van der Waals surface area contributed by atoms with Crippen molar-refractivity contribution in [1.82, 2.24) is 0 Å². The van der Waals surface area contributed by atoms with Crippen molar-refractivity contribution in [2.75, 3.05) is 0 Å². The van der Waals surface area contributed by atoms with E-state index in [1.807, 2.05) is 0 Å². The molecule has 0 radical (unpaired) electrons. The Morgan fingerprint density at radius 2 is 1.32 bits per heavy atom. The van der Waals surface area contributed by atoms with Gasteiger partial charge in [0.2, 0.25) is 16.6 Å². The minimum Gasteiger partial charge on any atom is -0.544 e. The lowest BCUT2D eigenvalue weighted by atomic mass is 9.69. The van der Waals surface area contributed by atoms with E-state index >= 15 is 0 Å². The highest BCUT2D eigenvalue weighted by atomic mass is 28.4. The quantitative estimate of drug-likeness (QED) is 0.385. The second-order valence-corrected chi connectivity index (χ2v) is 23.7. The highest BCUT2D eigenvalue weighted by molar-refractivity contribution is 6.75. The van der Waals surface area contributed by atoms with Gasteiger partial charge in [0.05, 0.1) is 6.10 Å². The lowest BCUT2D eigenvalue weighted by Crippen LogP contribution is -2.44. The van der Waals surface area contributed by atoms with Gasteiger partial charge in [-0.05, 0) is 97.3 Å². The smallest absolute Gasteiger partial charge is 0.250 e. The van der Waals surface area contributed by atoms with Crippen molar-refractivity contribution in [3.8, 4) is 17.2 Å². The van der Waals surface area contributed by atoms with Crippen LogP contribution in [0.25, 0.3) is 0 Å². The summed E-state index contributed by atoms with van der Waals surface area (Å²) in [6, 6.07) is 14.9. The highest BCUT2D eigenvalue weighted by Crippen LogP contribution is 2.53. The summed E-state index contributed by atoms with van der Waals surface area (Å²) >= 11 is 0. The molecule has 2 aromatic rings. The molecule has 0 spiro atoms. The van der Waals surface area contributed by atoms with E-state index in [-0.39, 0.29) is 28.2 Å². The zero-order chi connectivity index (χ0) is 27.4. The van der Waals surface area contributed by atoms with Gasteiger partial charge in [0.15, 0.2) is 0 Å². The van der Waals surface area contributed by atoms with E-state index in [9.17, 15) is 5.11 Å². The van der Waals surface area contributed by atoms with Crippen molar-refractivity contribution in [3.05, 3.63) is 53.6 Å². The van der Waals surface area contributed by atoms with Crippen LogP contribution in [0.15, 0.2) is 42.5 Å². The molecule has 1 aliphatic carbocycles. The van der Waals surface area contributed by atoms with Crippen LogP contribution in [0.1, 0.15) is 84.0 Å². The van der Waals surface area contributed by atoms with Gasteiger partial charge in [-0.3, -0.25) is 0 Å². The summed E-state index contributed by atoms with van der Waals surface area (Å²) in [4.78, 5) is 0. The molecule has 0 amide bonds. The summed E-state index contributed by atoms with van der Waals surface area (Å²) in [6.07, 6.45) is 2.25. The van der Waals surface area contributed by atoms with E-state index in [1.165, 1.54) is 11.1 Å². The Morgan fingerprint density at radius 3 is 1.89 bits per heavy atom. The van der Waals surface area contributed by atoms with Gasteiger partial charge in [-0.15, -0.1) is 0 Å². The molecule has 2 aromatic carbocycles. The van der Waals surface area contributed by atoms with Crippen molar-refractivity contribution < 1.29 is 18.7 Å². The first-order valence-corrected chi connectivity index (χ1v) is 19.8. The van der Waals surface area contributed by atoms with Crippen LogP contribution in [0.3, 0.4) is 0 Å². The minimum absolute atomic E-state index is 0.0286. The average Bonchev–Trinajstić information content (AvgIpc) is 2.77. The molecule has 1 unspecified atom stereocenters. The second-order valence-electron chi connectivity index (χ2n) is 14.3. The Labute approximate surface area is 227 Å². The topological polar surface area (TPSA) is 47.9 Å². The molecule has 2 aliphatic rings. The molecule has 6 heteroatoms. The van der Waals surface area contributed by atoms with Crippen LogP contribution in [0.5, 0.6) is 17.2 Å². The summed E-state index contributed by atoms with van der Waals surface area (Å²) in [5, 5.41) is 10.9. The molecule has 4 atom stereocenters. The summed E-state index contributed by atoms with van der Waals surface area (Å²) in [5.74, 6) is 3.37. The monoisotopic (exact) mass is 540 g/mol. The molecule has 0 saturated heterocycles. The van der Waals surface area contributed by atoms with Gasteiger partial charge in [-0.2, -0.15) is 0 Å². The first kappa shape index (κ1) is 28.2. The average molecular weight is 541 g/mol. The molecule has 4 nitrogen and oxygen atoms in total.